The Bertz CT molecular complexity index is 138. The van der Waals surface area contributed by atoms with Crippen LogP contribution in [0.25, 0.3) is 0 Å². The van der Waals surface area contributed by atoms with E-state index >= 15 is 0 Å². The number of hydrogen-bond acceptors (Lipinski definition) is 1. The Morgan fingerprint density at radius 2 is 1.69 bits per heavy atom. The second-order valence-electron chi connectivity index (χ2n) is 4.52. The van der Waals surface area contributed by atoms with Gasteiger partial charge in [-0.25, -0.2) is 0 Å². The number of carbonyl (C=O) groups is 1. The van der Waals surface area contributed by atoms with E-state index in [9.17, 15) is 4.79 Å². The van der Waals surface area contributed by atoms with Crippen LogP contribution < -0.4 is 0 Å². The molecule has 0 spiro atoms. The van der Waals surface area contributed by atoms with Crippen LogP contribution in [-0.4, -0.2) is 11.1 Å². The second kappa shape index (κ2) is 7.49. The van der Waals surface area contributed by atoms with Gasteiger partial charge in [0.1, 0.15) is 0 Å². The van der Waals surface area contributed by atoms with E-state index < -0.39 is 5.97 Å². The van der Waals surface area contributed by atoms with E-state index in [0.29, 0.717) is 11.8 Å². The van der Waals surface area contributed by atoms with Crippen molar-refractivity contribution in [3.05, 3.63) is 0 Å². The molecule has 0 saturated heterocycles. The van der Waals surface area contributed by atoms with Crippen molar-refractivity contribution in [2.24, 2.45) is 5.41 Å². The molecule has 1 N–H and O–H groups in total. The molecule has 0 unspecified atom stereocenters. The van der Waals surface area contributed by atoms with Crippen LogP contribution in [0.5, 0.6) is 0 Å². The summed E-state index contributed by atoms with van der Waals surface area (Å²) in [4.78, 5) is 10.2. The first-order valence-electron chi connectivity index (χ1n) is 4.63. The molecule has 0 radical (unpaired) electrons. The van der Waals surface area contributed by atoms with Gasteiger partial charge in [0.05, 0.1) is 0 Å². The first kappa shape index (κ1) is 15.6. The number of rotatable bonds is 5. The fourth-order valence-electron chi connectivity index (χ4n) is 1.11. The molecule has 0 aromatic heterocycles. The van der Waals surface area contributed by atoms with E-state index in [1.54, 1.807) is 0 Å². The predicted octanol–water partition coefficient (Wildman–Crippen LogP) is 3.07. The van der Waals surface area contributed by atoms with E-state index in [4.69, 9.17) is 5.11 Å². The van der Waals surface area contributed by atoms with Crippen LogP contribution in [0, 0.1) is 5.41 Å². The van der Waals surface area contributed by atoms with Gasteiger partial charge in [-0.15, -0.1) is 0 Å². The van der Waals surface area contributed by atoms with Crippen LogP contribution in [0.3, 0.4) is 0 Å². The predicted molar refractivity (Wildman–Crippen MR) is 50.2 cm³/mol. The van der Waals surface area contributed by atoms with Crippen molar-refractivity contribution in [2.45, 2.75) is 52.9 Å². The molecular weight excluding hydrogens is 217 g/mol. The van der Waals surface area contributed by atoms with Crippen molar-refractivity contribution < 1.29 is 29.4 Å². The Hall–Kier alpha value is 0.0934. The van der Waals surface area contributed by atoms with E-state index in [2.05, 4.69) is 20.8 Å². The van der Waals surface area contributed by atoms with Gasteiger partial charge in [-0.05, 0) is 18.3 Å². The Morgan fingerprint density at radius 3 is 2.08 bits per heavy atom. The topological polar surface area (TPSA) is 37.3 Å². The molecule has 0 heterocycles. The number of carboxylic acids is 1. The zero-order chi connectivity index (χ0) is 9.61. The summed E-state index contributed by atoms with van der Waals surface area (Å²) < 4.78 is 0. The summed E-state index contributed by atoms with van der Waals surface area (Å²) in [5.74, 6) is -0.675. The van der Waals surface area contributed by atoms with Crippen molar-refractivity contribution in [2.75, 3.05) is 0 Å². The minimum atomic E-state index is -0.675. The molecule has 0 fully saturated rings. The Labute approximate surface area is 93.9 Å². The maximum absolute atomic E-state index is 10.2. The van der Waals surface area contributed by atoms with Crippen LogP contribution in [0.2, 0.25) is 0 Å². The summed E-state index contributed by atoms with van der Waals surface area (Å²) in [7, 11) is 0. The monoisotopic (exact) mass is 236 g/mol. The summed E-state index contributed by atoms with van der Waals surface area (Å²) in [5, 5.41) is 8.37. The molecule has 0 saturated carbocycles. The molecule has 0 aliphatic rings. The van der Waals surface area contributed by atoms with Gasteiger partial charge in [-0.1, -0.05) is 33.6 Å². The van der Waals surface area contributed by atoms with E-state index in [0.717, 1.165) is 19.3 Å². The molecular formula is C10H20O2Zn. The van der Waals surface area contributed by atoms with E-state index in [1.807, 2.05) is 0 Å². The fourth-order valence-corrected chi connectivity index (χ4v) is 1.11. The van der Waals surface area contributed by atoms with Gasteiger partial charge in [-0.3, -0.25) is 4.79 Å². The molecule has 0 aliphatic carbocycles. The molecule has 3 heteroatoms. The van der Waals surface area contributed by atoms with Gasteiger partial charge in [0.15, 0.2) is 0 Å². The summed E-state index contributed by atoms with van der Waals surface area (Å²) >= 11 is 0. The van der Waals surface area contributed by atoms with Crippen LogP contribution in [0.15, 0.2) is 0 Å². The molecule has 13 heavy (non-hydrogen) atoms. The third-order valence-corrected chi connectivity index (χ3v) is 1.82. The average molecular weight is 238 g/mol. The van der Waals surface area contributed by atoms with E-state index in [1.165, 1.54) is 6.42 Å². The summed E-state index contributed by atoms with van der Waals surface area (Å²) in [6.07, 6.45) is 4.53. The number of unbranched alkanes of at least 4 members (excludes halogenated alkanes) is 2. The molecule has 74 valence electrons. The molecule has 2 nitrogen and oxygen atoms in total. The van der Waals surface area contributed by atoms with Crippen molar-refractivity contribution in [3.63, 3.8) is 0 Å². The van der Waals surface area contributed by atoms with Gasteiger partial charge < -0.3 is 5.11 Å². The molecule has 0 aliphatic heterocycles. The largest absolute Gasteiger partial charge is 0.481 e. The Morgan fingerprint density at radius 1 is 1.15 bits per heavy atom. The van der Waals surface area contributed by atoms with E-state index in [-0.39, 0.29) is 19.5 Å². The van der Waals surface area contributed by atoms with Crippen molar-refractivity contribution in [3.8, 4) is 0 Å². The van der Waals surface area contributed by atoms with Crippen LogP contribution in [0.1, 0.15) is 52.9 Å². The van der Waals surface area contributed by atoms with Gasteiger partial charge in [-0.2, -0.15) is 0 Å². The maximum Gasteiger partial charge on any atom is 0.303 e. The van der Waals surface area contributed by atoms with Crippen molar-refractivity contribution in [1.29, 1.82) is 0 Å². The maximum atomic E-state index is 10.2. The van der Waals surface area contributed by atoms with Gasteiger partial charge >= 0.3 is 5.97 Å². The zero-order valence-corrected chi connectivity index (χ0v) is 12.1. The standard InChI is InChI=1S/C10H20O2.Zn/c1-10(2,3)8-6-4-5-7-9(11)12;/h4-8H2,1-3H3,(H,11,12);. The Balaban J connectivity index is 0. The zero-order valence-electron chi connectivity index (χ0n) is 9.10. The minimum Gasteiger partial charge on any atom is -0.481 e. The summed E-state index contributed by atoms with van der Waals surface area (Å²) in [6, 6.07) is 0. The van der Waals surface area contributed by atoms with Crippen molar-refractivity contribution >= 4 is 5.97 Å². The second-order valence-corrected chi connectivity index (χ2v) is 4.52. The van der Waals surface area contributed by atoms with Crippen LogP contribution >= 0.6 is 0 Å². The van der Waals surface area contributed by atoms with Crippen molar-refractivity contribution in [1.82, 2.24) is 0 Å². The molecule has 0 bridgehead atoms. The molecule has 0 rings (SSSR count). The quantitative estimate of drug-likeness (QED) is 0.589. The van der Waals surface area contributed by atoms with Gasteiger partial charge in [0, 0.05) is 25.9 Å². The van der Waals surface area contributed by atoms with Gasteiger partial charge in [0.2, 0.25) is 0 Å². The Kier molecular flexibility index (Phi) is 8.97. The third kappa shape index (κ3) is 14.9. The third-order valence-electron chi connectivity index (χ3n) is 1.82. The first-order chi connectivity index (χ1) is 5.42. The number of aliphatic carboxylic acids is 1. The SMILES string of the molecule is CC(C)(C)CCCCCC(=O)O.[Zn]. The smallest absolute Gasteiger partial charge is 0.303 e. The van der Waals surface area contributed by atoms with Crippen LogP contribution in [0.4, 0.5) is 0 Å². The summed E-state index contributed by atoms with van der Waals surface area (Å²) in [5.41, 5.74) is 0.392. The average Bonchev–Trinajstić information content (AvgIpc) is 1.83. The number of carboxylic acid groups (broad SMARTS) is 1. The molecule has 0 aromatic carbocycles. The van der Waals surface area contributed by atoms with Gasteiger partial charge in [0.25, 0.3) is 0 Å². The molecule has 0 aromatic rings. The molecule has 0 amide bonds. The minimum absolute atomic E-state index is 0. The molecule has 0 atom stereocenters. The van der Waals surface area contributed by atoms with Crippen LogP contribution in [-0.2, 0) is 24.3 Å². The fraction of sp³-hybridized carbons (Fsp3) is 0.900. The normalized spacial score (nSPS) is 10.7. The number of hydrogen-bond donors (Lipinski definition) is 1. The first-order valence-corrected chi connectivity index (χ1v) is 4.63. The summed E-state index contributed by atoms with van der Waals surface area (Å²) in [6.45, 7) is 6.64.